The highest BCUT2D eigenvalue weighted by molar-refractivity contribution is 4.86. The zero-order valence-corrected chi connectivity index (χ0v) is 6.75. The van der Waals surface area contributed by atoms with Gasteiger partial charge in [0.05, 0.1) is 19.3 Å². The van der Waals surface area contributed by atoms with Gasteiger partial charge in [-0.2, -0.15) is 0 Å². The van der Waals surface area contributed by atoms with Crippen LogP contribution in [0.2, 0.25) is 0 Å². The second kappa shape index (κ2) is 3.49. The maximum atomic E-state index is 9.00. The third-order valence-electron chi connectivity index (χ3n) is 2.09. The van der Waals surface area contributed by atoms with Gasteiger partial charge in [-0.3, -0.25) is 0 Å². The molecule has 0 aromatic carbocycles. The van der Waals surface area contributed by atoms with Crippen LogP contribution in [0.5, 0.6) is 0 Å². The molecule has 1 rings (SSSR count). The first-order chi connectivity index (χ1) is 5.22. The summed E-state index contributed by atoms with van der Waals surface area (Å²) in [7, 11) is 0. The molecule has 1 fully saturated rings. The highest BCUT2D eigenvalue weighted by atomic mass is 16.6. The maximum Gasteiger partial charge on any atom is 0.117 e. The van der Waals surface area contributed by atoms with Gasteiger partial charge in [-0.15, -0.1) is 0 Å². The van der Waals surface area contributed by atoms with E-state index in [1.807, 2.05) is 6.92 Å². The fourth-order valence-electron chi connectivity index (χ4n) is 1.43. The van der Waals surface area contributed by atoms with Crippen molar-refractivity contribution in [3.63, 3.8) is 0 Å². The molecule has 1 heterocycles. The van der Waals surface area contributed by atoms with Crippen LogP contribution in [0.15, 0.2) is 0 Å². The average molecular weight is 161 g/mol. The Labute approximate surface area is 66.2 Å². The van der Waals surface area contributed by atoms with Crippen molar-refractivity contribution < 1.29 is 14.7 Å². The van der Waals surface area contributed by atoms with Gasteiger partial charge in [0.1, 0.15) is 5.60 Å². The van der Waals surface area contributed by atoms with Crippen LogP contribution in [0.1, 0.15) is 19.8 Å². The van der Waals surface area contributed by atoms with Crippen molar-refractivity contribution in [2.45, 2.75) is 31.5 Å². The zero-order valence-electron chi connectivity index (χ0n) is 6.75. The lowest BCUT2D eigenvalue weighted by Gasteiger charge is -2.24. The molecular formula is C7H15NO3. The Morgan fingerprint density at radius 3 is 2.91 bits per heavy atom. The summed E-state index contributed by atoms with van der Waals surface area (Å²) < 4.78 is 5.48. The first-order valence-electron chi connectivity index (χ1n) is 3.83. The van der Waals surface area contributed by atoms with Crippen LogP contribution >= 0.6 is 0 Å². The van der Waals surface area contributed by atoms with E-state index < -0.39 is 5.60 Å². The highest BCUT2D eigenvalue weighted by Gasteiger charge is 2.38. The Balaban J connectivity index is 2.48. The summed E-state index contributed by atoms with van der Waals surface area (Å²) in [5.74, 6) is 4.92. The summed E-state index contributed by atoms with van der Waals surface area (Å²) >= 11 is 0. The fraction of sp³-hybridized carbons (Fsp3) is 1.00. The second-order valence-electron chi connectivity index (χ2n) is 3.12. The molecule has 2 atom stereocenters. The van der Waals surface area contributed by atoms with Crippen LogP contribution in [0.3, 0.4) is 0 Å². The smallest absolute Gasteiger partial charge is 0.117 e. The molecule has 2 unspecified atom stereocenters. The molecule has 4 nitrogen and oxygen atoms in total. The molecule has 1 aliphatic rings. The minimum Gasteiger partial charge on any atom is -0.393 e. The predicted octanol–water partition coefficient (Wildman–Crippen LogP) is -0.193. The molecule has 1 aliphatic heterocycles. The van der Waals surface area contributed by atoms with E-state index in [2.05, 4.69) is 4.84 Å². The van der Waals surface area contributed by atoms with Crippen molar-refractivity contribution >= 4 is 0 Å². The van der Waals surface area contributed by atoms with E-state index in [9.17, 15) is 0 Å². The van der Waals surface area contributed by atoms with E-state index >= 15 is 0 Å². The SMILES string of the molecule is CC1CCC(CO)(CON)O1. The Morgan fingerprint density at radius 1 is 1.82 bits per heavy atom. The molecule has 0 saturated carbocycles. The van der Waals surface area contributed by atoms with Gasteiger partial charge in [-0.1, -0.05) is 0 Å². The number of aliphatic hydroxyl groups is 1. The lowest BCUT2D eigenvalue weighted by Crippen LogP contribution is -2.39. The van der Waals surface area contributed by atoms with E-state index in [4.69, 9.17) is 15.7 Å². The molecule has 0 aromatic heterocycles. The molecule has 0 amide bonds. The molecule has 66 valence electrons. The predicted molar refractivity (Wildman–Crippen MR) is 39.7 cm³/mol. The van der Waals surface area contributed by atoms with Gasteiger partial charge in [0.2, 0.25) is 0 Å². The Hall–Kier alpha value is -0.160. The summed E-state index contributed by atoms with van der Waals surface area (Å²) in [6, 6.07) is 0. The number of nitrogens with two attached hydrogens (primary N) is 1. The molecule has 1 saturated heterocycles. The summed E-state index contributed by atoms with van der Waals surface area (Å²) in [5.41, 5.74) is -0.534. The van der Waals surface area contributed by atoms with Crippen molar-refractivity contribution in [1.82, 2.24) is 0 Å². The molecule has 0 aliphatic carbocycles. The van der Waals surface area contributed by atoms with E-state index in [0.717, 1.165) is 12.8 Å². The second-order valence-corrected chi connectivity index (χ2v) is 3.12. The highest BCUT2D eigenvalue weighted by Crippen LogP contribution is 2.29. The van der Waals surface area contributed by atoms with Gasteiger partial charge in [-0.05, 0) is 19.8 Å². The van der Waals surface area contributed by atoms with Gasteiger partial charge < -0.3 is 14.7 Å². The van der Waals surface area contributed by atoms with Gasteiger partial charge in [-0.25, -0.2) is 5.90 Å². The molecule has 11 heavy (non-hydrogen) atoms. The van der Waals surface area contributed by atoms with E-state index in [0.29, 0.717) is 0 Å². The minimum atomic E-state index is -0.534. The number of ether oxygens (including phenoxy) is 1. The van der Waals surface area contributed by atoms with Crippen LogP contribution in [0, 0.1) is 0 Å². The molecule has 4 heteroatoms. The summed E-state index contributed by atoms with van der Waals surface area (Å²) in [6.07, 6.45) is 1.99. The topological polar surface area (TPSA) is 64.7 Å². The van der Waals surface area contributed by atoms with Crippen molar-refractivity contribution in [1.29, 1.82) is 0 Å². The summed E-state index contributed by atoms with van der Waals surface area (Å²) in [6.45, 7) is 2.23. The standard InChI is InChI=1S/C7H15NO3/c1-6-2-3-7(4-9,11-6)5-10-8/h6,9H,2-5,8H2,1H3. The Morgan fingerprint density at radius 2 is 2.55 bits per heavy atom. The van der Waals surface area contributed by atoms with Crippen LogP contribution in [0.25, 0.3) is 0 Å². The monoisotopic (exact) mass is 161 g/mol. The van der Waals surface area contributed by atoms with Crippen molar-refractivity contribution in [3.05, 3.63) is 0 Å². The molecule has 3 N–H and O–H groups in total. The van der Waals surface area contributed by atoms with E-state index in [1.54, 1.807) is 0 Å². The van der Waals surface area contributed by atoms with Gasteiger partial charge in [0, 0.05) is 0 Å². The van der Waals surface area contributed by atoms with Crippen LogP contribution in [-0.4, -0.2) is 30.0 Å². The number of aliphatic hydroxyl groups excluding tert-OH is 1. The first-order valence-corrected chi connectivity index (χ1v) is 3.83. The molecule has 0 spiro atoms. The minimum absolute atomic E-state index is 0.0193. The third-order valence-corrected chi connectivity index (χ3v) is 2.09. The van der Waals surface area contributed by atoms with Gasteiger partial charge in [0.15, 0.2) is 0 Å². The number of rotatable bonds is 3. The lowest BCUT2D eigenvalue weighted by molar-refractivity contribution is -0.112. The Kier molecular flexibility index (Phi) is 2.84. The van der Waals surface area contributed by atoms with Gasteiger partial charge in [0.25, 0.3) is 0 Å². The summed E-state index contributed by atoms with van der Waals surface area (Å²) in [4.78, 5) is 4.48. The lowest BCUT2D eigenvalue weighted by atomic mass is 10.0. The quantitative estimate of drug-likeness (QED) is 0.563. The van der Waals surface area contributed by atoms with E-state index in [1.165, 1.54) is 0 Å². The molecule has 0 bridgehead atoms. The average Bonchev–Trinajstić information content (AvgIpc) is 2.34. The van der Waals surface area contributed by atoms with Crippen LogP contribution in [0.4, 0.5) is 0 Å². The molecular weight excluding hydrogens is 146 g/mol. The normalized spacial score (nSPS) is 37.9. The molecule has 0 radical (unpaired) electrons. The fourth-order valence-corrected chi connectivity index (χ4v) is 1.43. The maximum absolute atomic E-state index is 9.00. The van der Waals surface area contributed by atoms with Gasteiger partial charge >= 0.3 is 0 Å². The summed E-state index contributed by atoms with van der Waals surface area (Å²) in [5, 5.41) is 9.00. The van der Waals surface area contributed by atoms with Crippen molar-refractivity contribution in [3.8, 4) is 0 Å². The van der Waals surface area contributed by atoms with Crippen LogP contribution < -0.4 is 5.90 Å². The van der Waals surface area contributed by atoms with Crippen LogP contribution in [-0.2, 0) is 9.57 Å². The zero-order chi connectivity index (χ0) is 8.32. The number of hydrogen-bond donors (Lipinski definition) is 2. The van der Waals surface area contributed by atoms with Crippen molar-refractivity contribution in [2.75, 3.05) is 13.2 Å². The molecule has 0 aromatic rings. The van der Waals surface area contributed by atoms with Crippen molar-refractivity contribution in [2.24, 2.45) is 5.90 Å². The third kappa shape index (κ3) is 1.90. The number of hydrogen-bond acceptors (Lipinski definition) is 4. The Bertz CT molecular complexity index is 127. The first kappa shape index (κ1) is 8.93. The largest absolute Gasteiger partial charge is 0.393 e. The van der Waals surface area contributed by atoms with E-state index in [-0.39, 0.29) is 19.3 Å².